The van der Waals surface area contributed by atoms with Gasteiger partial charge in [0.25, 0.3) is 0 Å². The van der Waals surface area contributed by atoms with Crippen LogP contribution in [0.1, 0.15) is 24.8 Å². The smallest absolute Gasteiger partial charge is 0.128 e. The minimum absolute atomic E-state index is 0.553. The molecular weight excluding hydrogens is 208 g/mol. The lowest BCUT2D eigenvalue weighted by Crippen LogP contribution is -2.20. The fourth-order valence-electron chi connectivity index (χ4n) is 2.40. The van der Waals surface area contributed by atoms with Gasteiger partial charge in [-0.05, 0) is 36.3 Å². The number of alkyl halides is 1. The molecule has 2 heterocycles. The summed E-state index contributed by atoms with van der Waals surface area (Å²) >= 11 is 5.74. The molecule has 0 bridgehead atoms. The van der Waals surface area contributed by atoms with Gasteiger partial charge in [-0.15, -0.1) is 11.6 Å². The number of halogens is 1. The summed E-state index contributed by atoms with van der Waals surface area (Å²) in [6.07, 6.45) is 6.08. The molecule has 0 N–H and O–H groups in total. The molecule has 15 heavy (non-hydrogen) atoms. The molecule has 3 heteroatoms. The summed E-state index contributed by atoms with van der Waals surface area (Å²) in [4.78, 5) is 6.87. The zero-order valence-electron chi connectivity index (χ0n) is 8.75. The molecule has 1 aliphatic heterocycles. The van der Waals surface area contributed by atoms with Gasteiger partial charge in [-0.2, -0.15) is 0 Å². The molecule has 3 rings (SSSR count). The van der Waals surface area contributed by atoms with Crippen molar-refractivity contribution in [2.45, 2.75) is 25.1 Å². The SMILES string of the molecule is ClCc1ccc(N2CCC3(CC3)C2)nc1. The third-order valence-electron chi connectivity index (χ3n) is 3.68. The van der Waals surface area contributed by atoms with E-state index >= 15 is 0 Å². The fraction of sp³-hybridized carbons (Fsp3) is 0.583. The second-order valence-corrected chi connectivity index (χ2v) is 5.10. The largest absolute Gasteiger partial charge is 0.356 e. The van der Waals surface area contributed by atoms with Crippen LogP contribution in [0.3, 0.4) is 0 Å². The molecule has 0 atom stereocenters. The first-order valence-corrected chi connectivity index (χ1v) is 6.11. The van der Waals surface area contributed by atoms with Crippen LogP contribution in [0.5, 0.6) is 0 Å². The maximum Gasteiger partial charge on any atom is 0.128 e. The molecule has 0 unspecified atom stereocenters. The Labute approximate surface area is 95.3 Å². The van der Waals surface area contributed by atoms with Gasteiger partial charge < -0.3 is 4.90 Å². The Morgan fingerprint density at radius 2 is 2.20 bits per heavy atom. The van der Waals surface area contributed by atoms with Gasteiger partial charge in [-0.1, -0.05) is 6.07 Å². The molecule has 0 radical (unpaired) electrons. The Hall–Kier alpha value is -0.760. The number of nitrogens with zero attached hydrogens (tertiary/aromatic N) is 2. The number of rotatable bonds is 2. The van der Waals surface area contributed by atoms with Gasteiger partial charge in [-0.3, -0.25) is 0 Å². The lowest BCUT2D eigenvalue weighted by atomic mass is 10.1. The van der Waals surface area contributed by atoms with Crippen molar-refractivity contribution >= 4 is 17.4 Å². The van der Waals surface area contributed by atoms with Crippen molar-refractivity contribution in [1.29, 1.82) is 0 Å². The van der Waals surface area contributed by atoms with E-state index in [0.717, 1.165) is 11.4 Å². The van der Waals surface area contributed by atoms with Crippen LogP contribution in [-0.4, -0.2) is 18.1 Å². The molecule has 1 spiro atoms. The molecule has 1 aromatic rings. The summed E-state index contributed by atoms with van der Waals surface area (Å²) in [5.41, 5.74) is 1.77. The van der Waals surface area contributed by atoms with Gasteiger partial charge >= 0.3 is 0 Å². The van der Waals surface area contributed by atoms with E-state index in [2.05, 4.69) is 22.0 Å². The zero-order valence-corrected chi connectivity index (χ0v) is 9.50. The topological polar surface area (TPSA) is 16.1 Å². The van der Waals surface area contributed by atoms with Crippen molar-refractivity contribution in [3.8, 4) is 0 Å². The second-order valence-electron chi connectivity index (χ2n) is 4.83. The summed E-state index contributed by atoms with van der Waals surface area (Å²) in [6, 6.07) is 4.17. The van der Waals surface area contributed by atoms with E-state index in [4.69, 9.17) is 11.6 Å². The molecule has 2 fully saturated rings. The fourth-order valence-corrected chi connectivity index (χ4v) is 2.56. The van der Waals surface area contributed by atoms with Crippen molar-refractivity contribution in [2.75, 3.05) is 18.0 Å². The Morgan fingerprint density at radius 3 is 2.73 bits per heavy atom. The van der Waals surface area contributed by atoms with E-state index in [1.807, 2.05) is 6.20 Å². The molecule has 80 valence electrons. The first-order valence-electron chi connectivity index (χ1n) is 5.57. The van der Waals surface area contributed by atoms with E-state index in [1.54, 1.807) is 0 Å². The number of pyridine rings is 1. The normalized spacial score (nSPS) is 22.3. The highest BCUT2D eigenvalue weighted by Gasteiger charge is 2.47. The average Bonchev–Trinajstić information content (AvgIpc) is 2.90. The number of hydrogen-bond donors (Lipinski definition) is 0. The third-order valence-corrected chi connectivity index (χ3v) is 3.99. The van der Waals surface area contributed by atoms with Gasteiger partial charge in [0.05, 0.1) is 0 Å². The Balaban J connectivity index is 1.75. The van der Waals surface area contributed by atoms with E-state index in [9.17, 15) is 0 Å². The highest BCUT2D eigenvalue weighted by Crippen LogP contribution is 2.53. The van der Waals surface area contributed by atoms with Crippen molar-refractivity contribution in [3.05, 3.63) is 23.9 Å². The Kier molecular flexibility index (Phi) is 2.13. The van der Waals surface area contributed by atoms with Crippen LogP contribution >= 0.6 is 11.6 Å². The van der Waals surface area contributed by atoms with Crippen LogP contribution in [0.15, 0.2) is 18.3 Å². The van der Waals surface area contributed by atoms with E-state index in [1.165, 1.54) is 32.4 Å². The summed E-state index contributed by atoms with van der Waals surface area (Å²) in [5, 5.41) is 0. The molecule has 0 aromatic carbocycles. The predicted octanol–water partition coefficient (Wildman–Crippen LogP) is 2.81. The minimum Gasteiger partial charge on any atom is -0.356 e. The number of anilines is 1. The molecular formula is C12H15ClN2. The van der Waals surface area contributed by atoms with E-state index in [0.29, 0.717) is 11.3 Å². The number of hydrogen-bond acceptors (Lipinski definition) is 2. The van der Waals surface area contributed by atoms with Crippen LogP contribution in [0.25, 0.3) is 0 Å². The van der Waals surface area contributed by atoms with Crippen molar-refractivity contribution < 1.29 is 0 Å². The van der Waals surface area contributed by atoms with Crippen molar-refractivity contribution in [1.82, 2.24) is 4.98 Å². The van der Waals surface area contributed by atoms with E-state index < -0.39 is 0 Å². The van der Waals surface area contributed by atoms with E-state index in [-0.39, 0.29) is 0 Å². The lowest BCUT2D eigenvalue weighted by molar-refractivity contribution is 0.580. The first-order chi connectivity index (χ1) is 7.31. The molecule has 2 aliphatic rings. The Bertz CT molecular complexity index is 356. The van der Waals surface area contributed by atoms with Gasteiger partial charge in [0.2, 0.25) is 0 Å². The van der Waals surface area contributed by atoms with Gasteiger partial charge in [0.15, 0.2) is 0 Å². The molecule has 0 amide bonds. The summed E-state index contributed by atoms with van der Waals surface area (Å²) in [6.45, 7) is 2.38. The quantitative estimate of drug-likeness (QED) is 0.716. The van der Waals surface area contributed by atoms with Gasteiger partial charge in [-0.25, -0.2) is 4.98 Å². The first kappa shape index (κ1) is 9.46. The lowest BCUT2D eigenvalue weighted by Gasteiger charge is -2.17. The third kappa shape index (κ3) is 1.71. The van der Waals surface area contributed by atoms with Crippen LogP contribution in [-0.2, 0) is 5.88 Å². The molecule has 2 nitrogen and oxygen atoms in total. The molecule has 1 aliphatic carbocycles. The monoisotopic (exact) mass is 222 g/mol. The maximum atomic E-state index is 5.74. The summed E-state index contributed by atoms with van der Waals surface area (Å²) in [5.74, 6) is 1.67. The number of aromatic nitrogens is 1. The van der Waals surface area contributed by atoms with Crippen molar-refractivity contribution in [2.24, 2.45) is 5.41 Å². The highest BCUT2D eigenvalue weighted by molar-refractivity contribution is 6.17. The predicted molar refractivity (Wildman–Crippen MR) is 62.3 cm³/mol. The van der Waals surface area contributed by atoms with Crippen molar-refractivity contribution in [3.63, 3.8) is 0 Å². The second kappa shape index (κ2) is 3.38. The summed E-state index contributed by atoms with van der Waals surface area (Å²) < 4.78 is 0. The maximum absolute atomic E-state index is 5.74. The van der Waals surface area contributed by atoms with Gasteiger partial charge in [0.1, 0.15) is 5.82 Å². The average molecular weight is 223 g/mol. The molecule has 1 saturated heterocycles. The standard InChI is InChI=1S/C12H15ClN2/c13-7-10-1-2-11(14-8-10)15-6-5-12(9-15)3-4-12/h1-2,8H,3-7,9H2. The minimum atomic E-state index is 0.553. The Morgan fingerprint density at radius 1 is 1.33 bits per heavy atom. The molecule has 1 saturated carbocycles. The zero-order chi connectivity index (χ0) is 10.3. The van der Waals surface area contributed by atoms with Crippen LogP contribution in [0, 0.1) is 5.41 Å². The summed E-state index contributed by atoms with van der Waals surface area (Å²) in [7, 11) is 0. The van der Waals surface area contributed by atoms with Gasteiger partial charge in [0, 0.05) is 25.2 Å². The highest BCUT2D eigenvalue weighted by atomic mass is 35.5. The molecule has 1 aromatic heterocycles. The van der Waals surface area contributed by atoms with Crippen LogP contribution < -0.4 is 4.90 Å². The van der Waals surface area contributed by atoms with Crippen LogP contribution in [0.2, 0.25) is 0 Å². The van der Waals surface area contributed by atoms with Crippen LogP contribution in [0.4, 0.5) is 5.82 Å².